The molecule has 1 aromatic rings. The topological polar surface area (TPSA) is 84.2 Å². The summed E-state index contributed by atoms with van der Waals surface area (Å²) in [6.45, 7) is 2.66. The number of primary amides is 1. The van der Waals surface area contributed by atoms with E-state index in [9.17, 15) is 9.59 Å². The smallest absolute Gasteiger partial charge is 0.312 e. The summed E-state index contributed by atoms with van der Waals surface area (Å²) in [5.41, 5.74) is 7.04. The van der Waals surface area contributed by atoms with Crippen molar-refractivity contribution in [1.82, 2.24) is 5.32 Å². The maximum absolute atomic E-state index is 11.7. The number of unbranched alkanes of at least 4 members (excludes halogenated alkanes) is 2. The molecule has 20 heavy (non-hydrogen) atoms. The first-order valence-electron chi connectivity index (χ1n) is 7.04. The predicted molar refractivity (Wildman–Crippen MR) is 80.5 cm³/mol. The van der Waals surface area contributed by atoms with Crippen molar-refractivity contribution in [3.8, 4) is 0 Å². The number of benzene rings is 1. The van der Waals surface area contributed by atoms with E-state index in [1.807, 2.05) is 24.3 Å². The molecule has 0 aromatic heterocycles. The minimum atomic E-state index is -0.502. The summed E-state index contributed by atoms with van der Waals surface area (Å²) < 4.78 is 0. The van der Waals surface area contributed by atoms with Crippen molar-refractivity contribution < 1.29 is 9.59 Å². The van der Waals surface area contributed by atoms with Crippen molar-refractivity contribution in [3.63, 3.8) is 0 Å². The van der Waals surface area contributed by atoms with Gasteiger partial charge in [-0.15, -0.1) is 0 Å². The molecule has 1 aromatic carbocycles. The van der Waals surface area contributed by atoms with Gasteiger partial charge in [0.05, 0.1) is 0 Å². The van der Waals surface area contributed by atoms with Crippen molar-refractivity contribution >= 4 is 17.6 Å². The van der Waals surface area contributed by atoms with Gasteiger partial charge in [0.2, 0.25) is 5.91 Å². The monoisotopic (exact) mass is 277 g/mol. The van der Waals surface area contributed by atoms with Crippen LogP contribution in [0.25, 0.3) is 0 Å². The summed E-state index contributed by atoms with van der Waals surface area (Å²) in [5.74, 6) is 0.0251. The average Bonchev–Trinajstić information content (AvgIpc) is 2.43. The van der Waals surface area contributed by atoms with E-state index in [1.165, 1.54) is 5.56 Å². The van der Waals surface area contributed by atoms with Gasteiger partial charge >= 0.3 is 6.03 Å². The van der Waals surface area contributed by atoms with Crippen molar-refractivity contribution in [2.24, 2.45) is 5.73 Å². The Kier molecular flexibility index (Phi) is 7.17. The van der Waals surface area contributed by atoms with Gasteiger partial charge in [-0.3, -0.25) is 4.79 Å². The fourth-order valence-electron chi connectivity index (χ4n) is 1.85. The van der Waals surface area contributed by atoms with E-state index in [-0.39, 0.29) is 5.91 Å². The average molecular weight is 277 g/mol. The Balaban J connectivity index is 2.15. The molecule has 0 atom stereocenters. The lowest BCUT2D eigenvalue weighted by Crippen LogP contribution is -2.29. The largest absolute Gasteiger partial charge is 0.352 e. The SMILES string of the molecule is CCc1ccc(NC(=O)CCCCCNC(N)=O)cc1. The summed E-state index contributed by atoms with van der Waals surface area (Å²) in [7, 11) is 0. The molecule has 0 aliphatic rings. The van der Waals surface area contributed by atoms with Crippen molar-refractivity contribution in [2.45, 2.75) is 39.0 Å². The molecule has 0 saturated heterocycles. The van der Waals surface area contributed by atoms with Crippen LogP contribution < -0.4 is 16.4 Å². The van der Waals surface area contributed by atoms with Crippen molar-refractivity contribution in [1.29, 1.82) is 0 Å². The number of hydrogen-bond acceptors (Lipinski definition) is 2. The standard InChI is InChI=1S/C15H23N3O2/c1-2-12-7-9-13(10-8-12)18-14(19)6-4-3-5-11-17-15(16)20/h7-10H,2-6,11H2,1H3,(H,18,19)(H3,16,17,20). The molecule has 3 amide bonds. The highest BCUT2D eigenvalue weighted by Crippen LogP contribution is 2.11. The molecule has 0 radical (unpaired) electrons. The third-order valence-corrected chi connectivity index (χ3v) is 3.03. The second-order valence-corrected chi connectivity index (χ2v) is 4.70. The van der Waals surface area contributed by atoms with Gasteiger partial charge in [0.15, 0.2) is 0 Å². The molecule has 0 aliphatic heterocycles. The maximum Gasteiger partial charge on any atom is 0.312 e. The van der Waals surface area contributed by atoms with E-state index in [1.54, 1.807) is 0 Å². The number of carbonyl (C=O) groups excluding carboxylic acids is 2. The number of aryl methyl sites for hydroxylation is 1. The van der Waals surface area contributed by atoms with Gasteiger partial charge in [0.25, 0.3) is 0 Å². The Morgan fingerprint density at radius 3 is 2.40 bits per heavy atom. The first-order valence-corrected chi connectivity index (χ1v) is 7.04. The number of nitrogens with two attached hydrogens (primary N) is 1. The highest BCUT2D eigenvalue weighted by Gasteiger charge is 2.02. The van der Waals surface area contributed by atoms with Crippen LogP contribution >= 0.6 is 0 Å². The Bertz CT molecular complexity index is 429. The van der Waals surface area contributed by atoms with Crippen LogP contribution in [0, 0.1) is 0 Å². The summed E-state index contributed by atoms with van der Waals surface area (Å²) in [6, 6.07) is 7.38. The molecule has 0 aliphatic carbocycles. The van der Waals surface area contributed by atoms with Gasteiger partial charge in [-0.05, 0) is 37.0 Å². The van der Waals surface area contributed by atoms with Gasteiger partial charge < -0.3 is 16.4 Å². The van der Waals surface area contributed by atoms with Crippen LogP contribution in [-0.4, -0.2) is 18.5 Å². The molecular weight excluding hydrogens is 254 g/mol. The van der Waals surface area contributed by atoms with Crippen LogP contribution in [0.1, 0.15) is 38.2 Å². The van der Waals surface area contributed by atoms with Crippen LogP contribution in [0.5, 0.6) is 0 Å². The number of anilines is 1. The van der Waals surface area contributed by atoms with Crippen molar-refractivity contribution in [2.75, 3.05) is 11.9 Å². The minimum absolute atomic E-state index is 0.0251. The Morgan fingerprint density at radius 1 is 1.10 bits per heavy atom. The van der Waals surface area contributed by atoms with Gasteiger partial charge in [-0.25, -0.2) is 4.79 Å². The lowest BCUT2D eigenvalue weighted by Gasteiger charge is -2.06. The predicted octanol–water partition coefficient (Wildman–Crippen LogP) is 2.42. The van der Waals surface area contributed by atoms with Crippen LogP contribution in [0.15, 0.2) is 24.3 Å². The molecule has 110 valence electrons. The Hall–Kier alpha value is -2.04. The molecule has 1 rings (SSSR count). The molecule has 4 N–H and O–H groups in total. The summed E-state index contributed by atoms with van der Waals surface area (Å²) in [6.07, 6.45) is 4.02. The summed E-state index contributed by atoms with van der Waals surface area (Å²) in [4.78, 5) is 22.1. The lowest BCUT2D eigenvalue weighted by atomic mass is 10.1. The van der Waals surface area contributed by atoms with Gasteiger partial charge in [0, 0.05) is 18.7 Å². The fraction of sp³-hybridized carbons (Fsp3) is 0.467. The molecule has 0 spiro atoms. The molecular formula is C15H23N3O2. The zero-order valence-corrected chi connectivity index (χ0v) is 11.9. The molecule has 0 saturated carbocycles. The Morgan fingerprint density at radius 2 is 1.80 bits per heavy atom. The van der Waals surface area contributed by atoms with E-state index >= 15 is 0 Å². The van der Waals surface area contributed by atoms with Crippen molar-refractivity contribution in [3.05, 3.63) is 29.8 Å². The Labute approximate surface area is 119 Å². The quantitative estimate of drug-likeness (QED) is 0.637. The van der Waals surface area contributed by atoms with Crippen LogP contribution in [-0.2, 0) is 11.2 Å². The highest BCUT2D eigenvalue weighted by molar-refractivity contribution is 5.90. The van der Waals surface area contributed by atoms with Crippen LogP contribution in [0.4, 0.5) is 10.5 Å². The third kappa shape index (κ3) is 6.78. The lowest BCUT2D eigenvalue weighted by molar-refractivity contribution is -0.116. The van der Waals surface area contributed by atoms with Gasteiger partial charge in [0.1, 0.15) is 0 Å². The minimum Gasteiger partial charge on any atom is -0.352 e. The first kappa shape index (κ1) is 16.0. The second-order valence-electron chi connectivity index (χ2n) is 4.70. The zero-order chi connectivity index (χ0) is 14.8. The van der Waals surface area contributed by atoms with Gasteiger partial charge in [-0.1, -0.05) is 25.5 Å². The molecule has 0 unspecified atom stereocenters. The van der Waals surface area contributed by atoms with E-state index < -0.39 is 6.03 Å². The molecule has 0 fully saturated rings. The normalized spacial score (nSPS) is 10.1. The second kappa shape index (κ2) is 8.96. The fourth-order valence-corrected chi connectivity index (χ4v) is 1.85. The van der Waals surface area contributed by atoms with E-state index in [0.29, 0.717) is 13.0 Å². The summed E-state index contributed by atoms with van der Waals surface area (Å²) in [5, 5.41) is 5.40. The number of nitrogens with one attached hydrogen (secondary N) is 2. The van der Waals surface area contributed by atoms with Crippen LogP contribution in [0.2, 0.25) is 0 Å². The number of carbonyl (C=O) groups is 2. The zero-order valence-electron chi connectivity index (χ0n) is 11.9. The van der Waals surface area contributed by atoms with E-state index in [0.717, 1.165) is 31.4 Å². The number of amides is 3. The number of rotatable bonds is 8. The van der Waals surface area contributed by atoms with E-state index in [2.05, 4.69) is 17.6 Å². The number of hydrogen-bond donors (Lipinski definition) is 3. The molecule has 0 bridgehead atoms. The third-order valence-electron chi connectivity index (χ3n) is 3.03. The highest BCUT2D eigenvalue weighted by atomic mass is 16.2. The molecule has 0 heterocycles. The molecule has 5 nitrogen and oxygen atoms in total. The molecule has 5 heteroatoms. The van der Waals surface area contributed by atoms with Gasteiger partial charge in [-0.2, -0.15) is 0 Å². The van der Waals surface area contributed by atoms with Crippen LogP contribution in [0.3, 0.4) is 0 Å². The summed E-state index contributed by atoms with van der Waals surface area (Å²) >= 11 is 0. The first-order chi connectivity index (χ1) is 9.61. The van der Waals surface area contributed by atoms with E-state index in [4.69, 9.17) is 5.73 Å². The maximum atomic E-state index is 11.7. The number of urea groups is 1.